The smallest absolute Gasteiger partial charge is 0.114 e. The average molecular weight is 381 g/mol. The van der Waals surface area contributed by atoms with E-state index in [-0.39, 0.29) is 0 Å². The van der Waals surface area contributed by atoms with Gasteiger partial charge in [0.25, 0.3) is 0 Å². The molecule has 0 spiro atoms. The van der Waals surface area contributed by atoms with Crippen LogP contribution in [0.1, 0.15) is 23.6 Å². The molecule has 0 unspecified atom stereocenters. The highest BCUT2D eigenvalue weighted by Crippen LogP contribution is 2.39. The predicted octanol–water partition coefficient (Wildman–Crippen LogP) is 7.21. The molecule has 124 valence electrons. The van der Waals surface area contributed by atoms with Gasteiger partial charge in [-0.25, -0.2) is 0 Å². The van der Waals surface area contributed by atoms with Gasteiger partial charge >= 0.3 is 0 Å². The third-order valence-corrected chi connectivity index (χ3v) is 6.56. The Morgan fingerprint density at radius 2 is 1.16 bits per heavy atom. The monoisotopic (exact) mass is 380 g/mol. The van der Waals surface area contributed by atoms with E-state index in [0.717, 1.165) is 11.0 Å². The maximum absolute atomic E-state index is 4.59. The number of hydrogen-bond acceptors (Lipinski definition) is 5. The van der Waals surface area contributed by atoms with Crippen molar-refractivity contribution in [3.8, 4) is 20.9 Å². The van der Waals surface area contributed by atoms with Crippen LogP contribution in [0.4, 0.5) is 0 Å². The molecule has 0 atom stereocenters. The van der Waals surface area contributed by atoms with Gasteiger partial charge in [0.05, 0.1) is 11.7 Å². The number of thiophene rings is 2. The van der Waals surface area contributed by atoms with E-state index in [2.05, 4.69) is 69.4 Å². The fraction of sp³-hybridized carbons (Fsp3) is 0.100. The molecule has 0 saturated carbocycles. The molecule has 25 heavy (non-hydrogen) atoms. The van der Waals surface area contributed by atoms with Crippen LogP contribution in [0.25, 0.3) is 44.1 Å². The normalized spacial score (nSPS) is 12.1. The first-order valence-corrected chi connectivity index (χ1v) is 10.4. The van der Waals surface area contributed by atoms with Crippen molar-refractivity contribution in [3.63, 3.8) is 0 Å². The van der Waals surface area contributed by atoms with Crippen LogP contribution >= 0.6 is 34.4 Å². The summed E-state index contributed by atoms with van der Waals surface area (Å²) in [6.45, 7) is 4.08. The van der Waals surface area contributed by atoms with Gasteiger partial charge in [-0.1, -0.05) is 24.3 Å². The number of rotatable bonds is 4. The fourth-order valence-electron chi connectivity index (χ4n) is 2.77. The minimum Gasteiger partial charge on any atom is -0.172 e. The Balaban J connectivity index is 1.83. The largest absolute Gasteiger partial charge is 0.172 e. The van der Waals surface area contributed by atoms with Crippen LogP contribution in [0, 0.1) is 0 Å². The van der Waals surface area contributed by atoms with Crippen molar-refractivity contribution in [3.05, 3.63) is 58.3 Å². The number of aromatic nitrogens is 2. The molecule has 3 aromatic heterocycles. The lowest BCUT2D eigenvalue weighted by atomic mass is 10.1. The maximum atomic E-state index is 4.59. The van der Waals surface area contributed by atoms with Gasteiger partial charge in [0.2, 0.25) is 0 Å². The van der Waals surface area contributed by atoms with Gasteiger partial charge in [0.15, 0.2) is 0 Å². The molecule has 0 aliphatic carbocycles. The molecule has 2 nitrogen and oxygen atoms in total. The molecule has 4 rings (SSSR count). The number of nitrogens with zero attached hydrogens (tertiary/aromatic N) is 2. The highest BCUT2D eigenvalue weighted by Gasteiger charge is 2.15. The number of fused-ring (bicyclic) bond motifs is 1. The Labute approximate surface area is 159 Å². The van der Waals surface area contributed by atoms with Crippen LogP contribution < -0.4 is 0 Å². The molecule has 1 aromatic carbocycles. The Bertz CT molecular complexity index is 995. The maximum Gasteiger partial charge on any atom is 0.114 e. The second-order valence-corrected chi connectivity index (χ2v) is 8.29. The van der Waals surface area contributed by atoms with E-state index in [1.54, 1.807) is 22.7 Å². The standard InChI is InChI=1S/C20H16N2S3/c1-3-5-13-7-11-17(23-13)15-9-10-16(20-19(15)21-25-22-20)18-12-8-14(24-18)6-4-2/h3-12H,1-2H3/b5-3+,6-4+. The molecular weight excluding hydrogens is 364 g/mol. The first-order chi connectivity index (χ1) is 12.3. The van der Waals surface area contributed by atoms with E-state index in [4.69, 9.17) is 0 Å². The number of benzene rings is 1. The third kappa shape index (κ3) is 3.11. The van der Waals surface area contributed by atoms with Crippen molar-refractivity contribution in [1.82, 2.24) is 8.75 Å². The second kappa shape index (κ2) is 7.04. The topological polar surface area (TPSA) is 25.8 Å². The van der Waals surface area contributed by atoms with Gasteiger partial charge in [-0.2, -0.15) is 8.75 Å². The molecule has 3 heterocycles. The van der Waals surface area contributed by atoms with Crippen molar-refractivity contribution in [2.45, 2.75) is 13.8 Å². The van der Waals surface area contributed by atoms with Crippen molar-refractivity contribution in [2.75, 3.05) is 0 Å². The van der Waals surface area contributed by atoms with Crippen molar-refractivity contribution in [2.24, 2.45) is 0 Å². The Morgan fingerprint density at radius 1 is 0.680 bits per heavy atom. The minimum atomic E-state index is 0.998. The second-order valence-electron chi connectivity index (χ2n) is 5.53. The van der Waals surface area contributed by atoms with Crippen LogP contribution in [-0.2, 0) is 0 Å². The molecule has 0 aliphatic heterocycles. The van der Waals surface area contributed by atoms with E-state index in [9.17, 15) is 0 Å². The van der Waals surface area contributed by atoms with Crippen molar-refractivity contribution in [1.29, 1.82) is 0 Å². The van der Waals surface area contributed by atoms with Crippen LogP contribution in [0.15, 0.2) is 48.6 Å². The van der Waals surface area contributed by atoms with E-state index in [1.165, 1.54) is 42.4 Å². The first-order valence-electron chi connectivity index (χ1n) is 8.01. The summed E-state index contributed by atoms with van der Waals surface area (Å²) in [4.78, 5) is 4.98. The molecule has 0 aliphatic rings. The molecule has 0 saturated heterocycles. The predicted molar refractivity (Wildman–Crippen MR) is 113 cm³/mol. The molecule has 4 aromatic rings. The molecule has 0 fully saturated rings. The zero-order chi connectivity index (χ0) is 17.2. The molecular formula is C20H16N2S3. The summed E-state index contributed by atoms with van der Waals surface area (Å²) in [6, 6.07) is 13.0. The van der Waals surface area contributed by atoms with Crippen molar-refractivity contribution < 1.29 is 0 Å². The Hall–Kier alpha value is -2.08. The summed E-state index contributed by atoms with van der Waals surface area (Å²) in [5, 5.41) is 0. The molecule has 0 N–H and O–H groups in total. The molecule has 0 radical (unpaired) electrons. The van der Waals surface area contributed by atoms with Gasteiger partial charge in [0.1, 0.15) is 11.0 Å². The summed E-state index contributed by atoms with van der Waals surface area (Å²) in [5.74, 6) is 0. The lowest BCUT2D eigenvalue weighted by molar-refractivity contribution is 1.63. The average Bonchev–Trinajstić information content (AvgIpc) is 3.35. The van der Waals surface area contributed by atoms with Crippen LogP contribution in [0.3, 0.4) is 0 Å². The van der Waals surface area contributed by atoms with E-state index < -0.39 is 0 Å². The molecule has 5 heteroatoms. The molecule has 0 bridgehead atoms. The summed E-state index contributed by atoms with van der Waals surface area (Å²) in [5.41, 5.74) is 4.33. The molecule has 0 amide bonds. The van der Waals surface area contributed by atoms with Crippen LogP contribution in [-0.4, -0.2) is 8.75 Å². The number of allylic oxidation sites excluding steroid dienone is 2. The lowest BCUT2D eigenvalue weighted by Crippen LogP contribution is -1.81. The fourth-order valence-corrected chi connectivity index (χ4v) is 5.35. The van der Waals surface area contributed by atoms with Gasteiger partial charge < -0.3 is 0 Å². The summed E-state index contributed by atoms with van der Waals surface area (Å²) >= 11 is 4.86. The van der Waals surface area contributed by atoms with Crippen LogP contribution in [0.5, 0.6) is 0 Å². The lowest BCUT2D eigenvalue weighted by Gasteiger charge is -2.03. The van der Waals surface area contributed by atoms with E-state index >= 15 is 0 Å². The number of hydrogen-bond donors (Lipinski definition) is 0. The zero-order valence-electron chi connectivity index (χ0n) is 13.9. The highest BCUT2D eigenvalue weighted by molar-refractivity contribution is 7.17. The summed E-state index contributed by atoms with van der Waals surface area (Å²) in [7, 11) is 0. The Morgan fingerprint density at radius 3 is 1.60 bits per heavy atom. The SMILES string of the molecule is C/C=C/c1ccc(-c2ccc(-c3ccc(/C=C/C)s3)c3nsnc23)s1. The third-order valence-electron chi connectivity index (χ3n) is 3.86. The van der Waals surface area contributed by atoms with Gasteiger partial charge in [-0.3, -0.25) is 0 Å². The van der Waals surface area contributed by atoms with E-state index in [0.29, 0.717) is 0 Å². The summed E-state index contributed by atoms with van der Waals surface area (Å²) in [6.07, 6.45) is 8.40. The van der Waals surface area contributed by atoms with Gasteiger partial charge in [0, 0.05) is 30.6 Å². The van der Waals surface area contributed by atoms with E-state index in [1.807, 2.05) is 13.8 Å². The minimum absolute atomic E-state index is 0.998. The Kier molecular flexibility index (Phi) is 4.61. The first kappa shape index (κ1) is 16.4. The zero-order valence-corrected chi connectivity index (χ0v) is 16.3. The summed E-state index contributed by atoms with van der Waals surface area (Å²) < 4.78 is 9.18. The highest BCUT2D eigenvalue weighted by atomic mass is 32.1. The quantitative estimate of drug-likeness (QED) is 0.373. The van der Waals surface area contributed by atoms with Crippen molar-refractivity contribution >= 4 is 57.6 Å². The van der Waals surface area contributed by atoms with Gasteiger partial charge in [-0.15, -0.1) is 22.7 Å². The van der Waals surface area contributed by atoms with Crippen LogP contribution in [0.2, 0.25) is 0 Å². The van der Waals surface area contributed by atoms with Gasteiger partial charge in [-0.05, 0) is 50.3 Å².